The van der Waals surface area contributed by atoms with Crippen molar-refractivity contribution >= 4 is 5.96 Å². The van der Waals surface area contributed by atoms with Crippen LogP contribution in [0.1, 0.15) is 46.5 Å². The number of hydrogen-bond donors (Lipinski definition) is 2. The number of likely N-dealkylation sites (tertiary alicyclic amines) is 1. The molecule has 0 spiro atoms. The number of guanidine groups is 1. The van der Waals surface area contributed by atoms with Crippen LogP contribution in [0.4, 0.5) is 0 Å². The third-order valence-corrected chi connectivity index (χ3v) is 3.90. The van der Waals surface area contributed by atoms with Gasteiger partial charge in [0.2, 0.25) is 0 Å². The molecule has 1 atom stereocenters. The van der Waals surface area contributed by atoms with Crippen LogP contribution in [0, 0.1) is 5.92 Å². The largest absolute Gasteiger partial charge is 0.356 e. The Morgan fingerprint density at radius 3 is 2.42 bits per heavy atom. The first-order chi connectivity index (χ1) is 9.19. The highest BCUT2D eigenvalue weighted by atomic mass is 15.2. The van der Waals surface area contributed by atoms with E-state index in [1.807, 2.05) is 7.05 Å². The Morgan fingerprint density at radius 2 is 1.89 bits per heavy atom. The second-order valence-corrected chi connectivity index (χ2v) is 5.79. The van der Waals surface area contributed by atoms with Gasteiger partial charge in [0, 0.05) is 26.2 Å². The molecule has 1 saturated heterocycles. The van der Waals surface area contributed by atoms with E-state index in [4.69, 9.17) is 0 Å². The molecule has 1 heterocycles. The van der Waals surface area contributed by atoms with Crippen molar-refractivity contribution in [2.75, 3.05) is 33.2 Å². The molecule has 1 fully saturated rings. The van der Waals surface area contributed by atoms with Crippen molar-refractivity contribution < 1.29 is 0 Å². The molecule has 0 saturated carbocycles. The number of nitrogens with one attached hydrogen (secondary N) is 2. The number of hydrogen-bond acceptors (Lipinski definition) is 2. The zero-order valence-corrected chi connectivity index (χ0v) is 13.2. The maximum absolute atomic E-state index is 4.29. The molecular weight excluding hydrogens is 236 g/mol. The lowest BCUT2D eigenvalue weighted by atomic mass is 10.0. The van der Waals surface area contributed by atoms with E-state index in [2.05, 4.69) is 41.3 Å². The van der Waals surface area contributed by atoms with Crippen LogP contribution in [0.3, 0.4) is 0 Å². The molecule has 1 unspecified atom stereocenters. The molecule has 0 aliphatic carbocycles. The molecule has 4 nitrogen and oxygen atoms in total. The maximum atomic E-state index is 4.29. The molecule has 19 heavy (non-hydrogen) atoms. The van der Waals surface area contributed by atoms with E-state index >= 15 is 0 Å². The third-order valence-electron chi connectivity index (χ3n) is 3.90. The topological polar surface area (TPSA) is 39.7 Å². The fourth-order valence-corrected chi connectivity index (χ4v) is 2.67. The van der Waals surface area contributed by atoms with E-state index in [9.17, 15) is 0 Å². The standard InChI is InChI=1S/C15H32N4/c1-5-6-9-17-15(16-4)18-12-14(13(2)3)19-10-7-8-11-19/h13-14H,5-12H2,1-4H3,(H2,16,17,18). The Bertz CT molecular complexity index is 257. The smallest absolute Gasteiger partial charge is 0.191 e. The molecule has 0 bridgehead atoms. The second-order valence-electron chi connectivity index (χ2n) is 5.79. The monoisotopic (exact) mass is 268 g/mol. The van der Waals surface area contributed by atoms with E-state index in [0.717, 1.165) is 19.0 Å². The van der Waals surface area contributed by atoms with Crippen LogP contribution in [0.25, 0.3) is 0 Å². The highest BCUT2D eigenvalue weighted by molar-refractivity contribution is 5.79. The zero-order valence-electron chi connectivity index (χ0n) is 13.2. The predicted octanol–water partition coefficient (Wildman–Crippen LogP) is 2.07. The van der Waals surface area contributed by atoms with Gasteiger partial charge < -0.3 is 10.6 Å². The van der Waals surface area contributed by atoms with Gasteiger partial charge in [-0.3, -0.25) is 9.89 Å². The number of unbranched alkanes of at least 4 members (excludes halogenated alkanes) is 1. The Balaban J connectivity index is 2.37. The van der Waals surface area contributed by atoms with Gasteiger partial charge in [0.15, 0.2) is 5.96 Å². The van der Waals surface area contributed by atoms with Crippen molar-refractivity contribution in [2.24, 2.45) is 10.9 Å². The molecule has 2 N–H and O–H groups in total. The van der Waals surface area contributed by atoms with Crippen molar-refractivity contribution in [1.82, 2.24) is 15.5 Å². The van der Waals surface area contributed by atoms with Gasteiger partial charge in [0.25, 0.3) is 0 Å². The lowest BCUT2D eigenvalue weighted by Gasteiger charge is -2.31. The van der Waals surface area contributed by atoms with Crippen molar-refractivity contribution in [3.8, 4) is 0 Å². The molecule has 112 valence electrons. The van der Waals surface area contributed by atoms with Crippen LogP contribution in [0.5, 0.6) is 0 Å². The number of nitrogens with zero attached hydrogens (tertiary/aromatic N) is 2. The van der Waals surface area contributed by atoms with Crippen LogP contribution in [0.2, 0.25) is 0 Å². The average Bonchev–Trinajstić information content (AvgIpc) is 2.90. The van der Waals surface area contributed by atoms with Crippen molar-refractivity contribution in [1.29, 1.82) is 0 Å². The summed E-state index contributed by atoms with van der Waals surface area (Å²) in [5.41, 5.74) is 0. The van der Waals surface area contributed by atoms with Gasteiger partial charge in [-0.2, -0.15) is 0 Å². The molecule has 1 rings (SSSR count). The van der Waals surface area contributed by atoms with Crippen LogP contribution < -0.4 is 10.6 Å². The first-order valence-electron chi connectivity index (χ1n) is 7.87. The number of aliphatic imine (C=N–C) groups is 1. The van der Waals surface area contributed by atoms with Gasteiger partial charge in [-0.15, -0.1) is 0 Å². The summed E-state index contributed by atoms with van der Waals surface area (Å²) in [4.78, 5) is 6.92. The predicted molar refractivity (Wildman–Crippen MR) is 83.7 cm³/mol. The molecule has 0 aromatic heterocycles. The zero-order chi connectivity index (χ0) is 14.1. The summed E-state index contributed by atoms with van der Waals surface area (Å²) in [7, 11) is 1.85. The van der Waals surface area contributed by atoms with E-state index in [1.54, 1.807) is 0 Å². The Labute approximate surface area is 119 Å². The summed E-state index contributed by atoms with van der Waals surface area (Å²) in [6.45, 7) is 11.4. The van der Waals surface area contributed by atoms with E-state index in [0.29, 0.717) is 12.0 Å². The molecule has 0 aromatic rings. The highest BCUT2D eigenvalue weighted by Crippen LogP contribution is 2.16. The molecule has 0 radical (unpaired) electrons. The SMILES string of the molecule is CCCCNC(=NC)NCC(C(C)C)N1CCCC1. The minimum absolute atomic E-state index is 0.618. The van der Waals surface area contributed by atoms with E-state index < -0.39 is 0 Å². The lowest BCUT2D eigenvalue weighted by molar-refractivity contribution is 0.192. The van der Waals surface area contributed by atoms with E-state index in [1.165, 1.54) is 38.8 Å². The minimum Gasteiger partial charge on any atom is -0.356 e. The summed E-state index contributed by atoms with van der Waals surface area (Å²) in [5, 5.41) is 6.86. The summed E-state index contributed by atoms with van der Waals surface area (Å²) < 4.78 is 0. The van der Waals surface area contributed by atoms with Gasteiger partial charge in [0.05, 0.1) is 0 Å². The fraction of sp³-hybridized carbons (Fsp3) is 0.933. The summed E-state index contributed by atoms with van der Waals surface area (Å²) in [6, 6.07) is 0.618. The highest BCUT2D eigenvalue weighted by Gasteiger charge is 2.24. The average molecular weight is 268 g/mol. The molecule has 0 aromatic carbocycles. The fourth-order valence-electron chi connectivity index (χ4n) is 2.67. The summed E-state index contributed by atoms with van der Waals surface area (Å²) in [6.07, 6.45) is 5.12. The second kappa shape index (κ2) is 9.18. The number of rotatable bonds is 7. The Kier molecular flexibility index (Phi) is 7.87. The summed E-state index contributed by atoms with van der Waals surface area (Å²) >= 11 is 0. The van der Waals surface area contributed by atoms with Gasteiger partial charge in [-0.05, 0) is 38.3 Å². The molecule has 1 aliphatic rings. The van der Waals surface area contributed by atoms with Gasteiger partial charge in [-0.1, -0.05) is 27.2 Å². The van der Waals surface area contributed by atoms with Crippen LogP contribution in [0.15, 0.2) is 4.99 Å². The minimum atomic E-state index is 0.618. The van der Waals surface area contributed by atoms with Crippen molar-refractivity contribution in [3.63, 3.8) is 0 Å². The Morgan fingerprint density at radius 1 is 1.21 bits per heavy atom. The van der Waals surface area contributed by atoms with Crippen molar-refractivity contribution in [2.45, 2.75) is 52.5 Å². The normalized spacial score (nSPS) is 18.9. The van der Waals surface area contributed by atoms with Crippen LogP contribution >= 0.6 is 0 Å². The van der Waals surface area contributed by atoms with Crippen LogP contribution in [-0.2, 0) is 0 Å². The lowest BCUT2D eigenvalue weighted by Crippen LogP contribution is -2.48. The molecule has 0 amide bonds. The van der Waals surface area contributed by atoms with Crippen molar-refractivity contribution in [3.05, 3.63) is 0 Å². The van der Waals surface area contributed by atoms with Gasteiger partial charge in [0.1, 0.15) is 0 Å². The van der Waals surface area contributed by atoms with Crippen LogP contribution in [-0.4, -0.2) is 50.1 Å². The first-order valence-corrected chi connectivity index (χ1v) is 7.87. The first kappa shape index (κ1) is 16.3. The maximum Gasteiger partial charge on any atom is 0.191 e. The van der Waals surface area contributed by atoms with Gasteiger partial charge in [-0.25, -0.2) is 0 Å². The quantitative estimate of drug-likeness (QED) is 0.422. The molecular formula is C15H32N4. The molecule has 1 aliphatic heterocycles. The van der Waals surface area contributed by atoms with Gasteiger partial charge >= 0.3 is 0 Å². The third kappa shape index (κ3) is 5.81. The Hall–Kier alpha value is -0.770. The summed E-state index contributed by atoms with van der Waals surface area (Å²) in [5.74, 6) is 1.62. The molecule has 4 heteroatoms. The van der Waals surface area contributed by atoms with E-state index in [-0.39, 0.29) is 0 Å².